The molecule has 0 radical (unpaired) electrons. The highest BCUT2D eigenvalue weighted by Gasteiger charge is 2.35. The molecule has 192 valence electrons. The predicted molar refractivity (Wildman–Crippen MR) is 147 cm³/mol. The Labute approximate surface area is 223 Å². The Morgan fingerprint density at radius 2 is 1.68 bits per heavy atom. The van der Waals surface area contributed by atoms with Gasteiger partial charge in [0.15, 0.2) is 16.3 Å². The molecular weight excluding hydrogens is 500 g/mol. The van der Waals surface area contributed by atoms with Crippen LogP contribution in [0.4, 0.5) is 0 Å². The molecule has 4 aromatic rings. The number of thiazole rings is 1. The number of carbonyl (C=O) groups is 1. The Kier molecular flexibility index (Phi) is 7.24. The maximum absolute atomic E-state index is 14.0. The number of ether oxygens (including phenoxy) is 3. The van der Waals surface area contributed by atoms with Crippen LogP contribution in [0.25, 0.3) is 11.8 Å². The smallest absolute Gasteiger partial charge is 0.338 e. The lowest BCUT2D eigenvalue weighted by atomic mass is 9.93. The van der Waals surface area contributed by atoms with Crippen molar-refractivity contribution in [2.24, 2.45) is 4.99 Å². The average molecular weight is 527 g/mol. The van der Waals surface area contributed by atoms with Crippen LogP contribution >= 0.6 is 11.3 Å². The Bertz CT molecular complexity index is 1690. The fourth-order valence-electron chi connectivity index (χ4n) is 4.56. The summed E-state index contributed by atoms with van der Waals surface area (Å²) >= 11 is 1.26. The van der Waals surface area contributed by atoms with E-state index in [1.807, 2.05) is 72.8 Å². The third kappa shape index (κ3) is 4.54. The van der Waals surface area contributed by atoms with E-state index in [0.29, 0.717) is 37.7 Å². The number of nitrogens with zero attached hydrogens (tertiary/aromatic N) is 2. The molecule has 0 N–H and O–H groups in total. The van der Waals surface area contributed by atoms with Gasteiger partial charge in [-0.15, -0.1) is 0 Å². The highest BCUT2D eigenvalue weighted by molar-refractivity contribution is 7.07. The SMILES string of the molecule is CCOC(=O)C1=C(c2ccccc2)N=c2s/c(=C\c3cccc(OC)c3OC)c(=O)n2[C@H]1c1ccccc1. The van der Waals surface area contributed by atoms with Crippen LogP contribution in [0.15, 0.2) is 94.2 Å². The molecule has 0 fully saturated rings. The zero-order valence-corrected chi connectivity index (χ0v) is 22.0. The molecule has 5 rings (SSSR count). The fraction of sp³-hybridized carbons (Fsp3) is 0.167. The number of rotatable bonds is 7. The van der Waals surface area contributed by atoms with Crippen LogP contribution in [0.1, 0.15) is 29.7 Å². The van der Waals surface area contributed by atoms with Crippen molar-refractivity contribution in [1.82, 2.24) is 4.57 Å². The van der Waals surface area contributed by atoms with Gasteiger partial charge in [-0.25, -0.2) is 9.79 Å². The molecule has 0 saturated heterocycles. The van der Waals surface area contributed by atoms with Gasteiger partial charge in [0.1, 0.15) is 0 Å². The second-order valence-electron chi connectivity index (χ2n) is 8.42. The van der Waals surface area contributed by atoms with E-state index in [4.69, 9.17) is 19.2 Å². The number of hydrogen-bond donors (Lipinski definition) is 0. The average Bonchev–Trinajstić information content (AvgIpc) is 3.27. The van der Waals surface area contributed by atoms with Crippen molar-refractivity contribution >= 4 is 29.1 Å². The molecule has 1 aromatic heterocycles. The van der Waals surface area contributed by atoms with Crippen LogP contribution in [-0.4, -0.2) is 31.4 Å². The molecule has 2 heterocycles. The Morgan fingerprint density at radius 3 is 2.34 bits per heavy atom. The minimum atomic E-state index is -0.712. The maximum atomic E-state index is 14.0. The van der Waals surface area contributed by atoms with E-state index in [-0.39, 0.29) is 12.2 Å². The monoisotopic (exact) mass is 526 g/mol. The molecule has 0 saturated carbocycles. The first kappa shape index (κ1) is 25.2. The van der Waals surface area contributed by atoms with Crippen molar-refractivity contribution in [2.45, 2.75) is 13.0 Å². The van der Waals surface area contributed by atoms with Crippen LogP contribution in [0, 0.1) is 0 Å². The summed E-state index contributed by atoms with van der Waals surface area (Å²) in [5.74, 6) is 0.581. The van der Waals surface area contributed by atoms with Crippen molar-refractivity contribution in [2.75, 3.05) is 20.8 Å². The van der Waals surface area contributed by atoms with E-state index in [0.717, 1.165) is 11.1 Å². The minimum absolute atomic E-state index is 0.200. The quantitative estimate of drug-likeness (QED) is 0.341. The van der Waals surface area contributed by atoms with Gasteiger partial charge in [0.05, 0.1) is 42.7 Å². The lowest BCUT2D eigenvalue weighted by Crippen LogP contribution is -2.40. The summed E-state index contributed by atoms with van der Waals surface area (Å²) in [5.41, 5.74) is 2.80. The van der Waals surface area contributed by atoms with Gasteiger partial charge in [0.2, 0.25) is 0 Å². The topological polar surface area (TPSA) is 79.1 Å². The first-order valence-electron chi connectivity index (χ1n) is 12.1. The number of hydrogen-bond acceptors (Lipinski definition) is 7. The van der Waals surface area contributed by atoms with E-state index in [2.05, 4.69) is 0 Å². The zero-order chi connectivity index (χ0) is 26.6. The molecule has 8 heteroatoms. The molecule has 3 aromatic carbocycles. The van der Waals surface area contributed by atoms with Gasteiger partial charge in [-0.05, 0) is 24.6 Å². The van der Waals surface area contributed by atoms with E-state index in [1.54, 1.807) is 37.9 Å². The largest absolute Gasteiger partial charge is 0.493 e. The van der Waals surface area contributed by atoms with Gasteiger partial charge in [-0.2, -0.15) is 0 Å². The molecular formula is C30H26N2O5S. The summed E-state index contributed by atoms with van der Waals surface area (Å²) in [6.07, 6.45) is 1.77. The third-order valence-corrected chi connectivity index (χ3v) is 7.19. The molecule has 1 aliphatic heterocycles. The number of fused-ring (bicyclic) bond motifs is 1. The molecule has 0 aliphatic carbocycles. The van der Waals surface area contributed by atoms with Crippen molar-refractivity contribution in [3.8, 4) is 11.5 Å². The standard InChI is InChI=1S/C30H26N2O5S/c1-4-37-29(34)24-25(19-12-7-5-8-13-19)31-30-32(26(24)20-14-9-6-10-15-20)28(33)23(38-30)18-21-16-11-17-22(35-2)27(21)36-3/h5-18,26H,4H2,1-3H3/b23-18-/t26-/m0/s1. The number of carbonyl (C=O) groups excluding carboxylic acids is 1. The second kappa shape index (κ2) is 10.9. The Hall–Kier alpha value is -4.43. The molecule has 1 aliphatic rings. The van der Waals surface area contributed by atoms with Crippen LogP contribution in [0.2, 0.25) is 0 Å². The van der Waals surface area contributed by atoms with E-state index in [1.165, 1.54) is 11.3 Å². The molecule has 0 bridgehead atoms. The van der Waals surface area contributed by atoms with E-state index >= 15 is 0 Å². The molecule has 0 amide bonds. The van der Waals surface area contributed by atoms with Gasteiger partial charge >= 0.3 is 5.97 Å². The fourth-order valence-corrected chi connectivity index (χ4v) is 5.55. The summed E-state index contributed by atoms with van der Waals surface area (Å²) in [5, 5.41) is 0. The molecule has 0 spiro atoms. The second-order valence-corrected chi connectivity index (χ2v) is 9.43. The normalized spacial score (nSPS) is 15.0. The van der Waals surface area contributed by atoms with Crippen molar-refractivity contribution < 1.29 is 19.0 Å². The number of aromatic nitrogens is 1. The predicted octanol–water partition coefficient (Wildman–Crippen LogP) is 3.95. The summed E-state index contributed by atoms with van der Waals surface area (Å²) < 4.78 is 18.5. The summed E-state index contributed by atoms with van der Waals surface area (Å²) in [7, 11) is 3.13. The number of benzene rings is 3. The number of para-hydroxylation sites is 1. The first-order chi connectivity index (χ1) is 18.6. The minimum Gasteiger partial charge on any atom is -0.493 e. The van der Waals surface area contributed by atoms with E-state index in [9.17, 15) is 9.59 Å². The molecule has 0 unspecified atom stereocenters. The molecule has 1 atom stereocenters. The summed E-state index contributed by atoms with van der Waals surface area (Å²) in [4.78, 5) is 32.8. The van der Waals surface area contributed by atoms with Gasteiger partial charge in [0, 0.05) is 11.1 Å². The maximum Gasteiger partial charge on any atom is 0.338 e. The van der Waals surface area contributed by atoms with Gasteiger partial charge in [0.25, 0.3) is 5.56 Å². The lowest BCUT2D eigenvalue weighted by molar-refractivity contribution is -0.138. The summed E-state index contributed by atoms with van der Waals surface area (Å²) in [6.45, 7) is 1.96. The summed E-state index contributed by atoms with van der Waals surface area (Å²) in [6, 6.07) is 23.7. The molecule has 38 heavy (non-hydrogen) atoms. The number of esters is 1. The Morgan fingerprint density at radius 1 is 0.974 bits per heavy atom. The van der Waals surface area contributed by atoms with Crippen LogP contribution in [0.3, 0.4) is 0 Å². The van der Waals surface area contributed by atoms with Crippen LogP contribution in [0.5, 0.6) is 11.5 Å². The van der Waals surface area contributed by atoms with Crippen molar-refractivity contribution in [3.63, 3.8) is 0 Å². The molecule has 7 nitrogen and oxygen atoms in total. The Balaban J connectivity index is 1.83. The lowest BCUT2D eigenvalue weighted by Gasteiger charge is -2.25. The van der Waals surface area contributed by atoms with E-state index < -0.39 is 12.0 Å². The van der Waals surface area contributed by atoms with Gasteiger partial charge < -0.3 is 14.2 Å². The van der Waals surface area contributed by atoms with Crippen molar-refractivity contribution in [3.05, 3.63) is 121 Å². The highest BCUT2D eigenvalue weighted by atomic mass is 32.1. The van der Waals surface area contributed by atoms with Crippen molar-refractivity contribution in [1.29, 1.82) is 0 Å². The zero-order valence-electron chi connectivity index (χ0n) is 21.2. The van der Waals surface area contributed by atoms with Crippen LogP contribution < -0.4 is 24.4 Å². The van der Waals surface area contributed by atoms with Gasteiger partial charge in [-0.3, -0.25) is 9.36 Å². The van der Waals surface area contributed by atoms with Gasteiger partial charge in [-0.1, -0.05) is 84.1 Å². The number of methoxy groups -OCH3 is 2. The highest BCUT2D eigenvalue weighted by Crippen LogP contribution is 2.35. The van der Waals surface area contributed by atoms with Crippen LogP contribution in [-0.2, 0) is 9.53 Å². The first-order valence-corrected chi connectivity index (χ1v) is 12.9. The third-order valence-electron chi connectivity index (χ3n) is 6.21.